The number of nitrogens with two attached hydrogens (primary N) is 1. The van der Waals surface area contributed by atoms with E-state index in [4.69, 9.17) is 16.1 Å². The predicted octanol–water partition coefficient (Wildman–Crippen LogP) is 0.634. The molecule has 0 heterocycles. The molecule has 0 fully saturated rings. The molecule has 0 saturated heterocycles. The van der Waals surface area contributed by atoms with Gasteiger partial charge < -0.3 is 21.1 Å². The molecule has 8 heteroatoms. The molecule has 0 aliphatic rings. The average Bonchev–Trinajstić information content (AvgIpc) is 2.37. The second-order valence-corrected chi connectivity index (χ2v) is 4.86. The molecule has 0 radical (unpaired) electrons. The van der Waals surface area contributed by atoms with Crippen molar-refractivity contribution in [1.82, 2.24) is 0 Å². The van der Waals surface area contributed by atoms with Gasteiger partial charge in [-0.3, -0.25) is 10.1 Å². The third kappa shape index (κ3) is 4.60. The summed E-state index contributed by atoms with van der Waals surface area (Å²) in [6.45, 7) is 0.0446. The number of thioether (sulfide) groups is 1. The first-order chi connectivity index (χ1) is 8.95. The monoisotopic (exact) mass is 289 g/mol. The van der Waals surface area contributed by atoms with Crippen LogP contribution >= 0.6 is 11.8 Å². The molecule has 0 amide bonds. The molecule has 0 spiro atoms. The van der Waals surface area contributed by atoms with Gasteiger partial charge in [0.2, 0.25) is 0 Å². The van der Waals surface area contributed by atoms with Crippen LogP contribution in [-0.4, -0.2) is 44.9 Å². The Labute approximate surface area is 113 Å². The van der Waals surface area contributed by atoms with Crippen molar-refractivity contribution < 1.29 is 30.3 Å². The fourth-order valence-electron chi connectivity index (χ4n) is 1.32. The van der Waals surface area contributed by atoms with Crippen LogP contribution in [0.2, 0.25) is 0 Å². The van der Waals surface area contributed by atoms with Gasteiger partial charge in [0.05, 0.1) is 11.5 Å². The van der Waals surface area contributed by atoms with Crippen LogP contribution in [0.1, 0.15) is 5.56 Å². The molecule has 1 atom stereocenters. The summed E-state index contributed by atoms with van der Waals surface area (Å²) < 4.78 is 0. The van der Waals surface area contributed by atoms with Gasteiger partial charge in [-0.1, -0.05) is 0 Å². The van der Waals surface area contributed by atoms with E-state index < -0.39 is 12.0 Å². The van der Waals surface area contributed by atoms with Gasteiger partial charge in [-0.2, -0.15) is 0 Å². The molecular formula is C11H15NO6S. The van der Waals surface area contributed by atoms with Crippen molar-refractivity contribution in [3.63, 3.8) is 0 Å². The second-order valence-electron chi connectivity index (χ2n) is 3.80. The summed E-state index contributed by atoms with van der Waals surface area (Å²) in [6.07, 6.45) is 0.336. The minimum atomic E-state index is -1.14. The minimum Gasteiger partial charge on any atom is -0.504 e. The van der Waals surface area contributed by atoms with Crippen LogP contribution in [0.15, 0.2) is 17.0 Å². The summed E-state index contributed by atoms with van der Waals surface area (Å²) in [5, 5.41) is 36.1. The number of hydrogen-bond acceptors (Lipinski definition) is 7. The lowest BCUT2D eigenvalue weighted by Gasteiger charge is -2.10. The molecule has 6 N–H and O–H groups in total. The summed E-state index contributed by atoms with van der Waals surface area (Å²) in [5.74, 6) is -1.72. The van der Waals surface area contributed by atoms with Crippen LogP contribution in [0.5, 0.6) is 11.5 Å². The Bertz CT molecular complexity index is 453. The number of phenols is 2. The highest BCUT2D eigenvalue weighted by Gasteiger charge is 2.15. The van der Waals surface area contributed by atoms with Crippen molar-refractivity contribution in [2.24, 2.45) is 5.73 Å². The highest BCUT2D eigenvalue weighted by molar-refractivity contribution is 7.99. The van der Waals surface area contributed by atoms with Gasteiger partial charge in [0.15, 0.2) is 11.5 Å². The van der Waals surface area contributed by atoms with Crippen molar-refractivity contribution in [2.75, 3.05) is 12.4 Å². The van der Waals surface area contributed by atoms with Gasteiger partial charge in [0.1, 0.15) is 6.04 Å². The molecule has 0 aromatic heterocycles. The number of aliphatic carboxylic acids is 1. The maximum absolute atomic E-state index is 10.6. The standard InChI is InChI=1S/C11H15NO6S/c12-7(11(15)16)5-19-9-4-6(1-2-18-17)3-8(13)10(9)14/h3-4,7,13-14,17H,1-2,5,12H2,(H,15,16)/t7-/m0/s1. The lowest BCUT2D eigenvalue weighted by Crippen LogP contribution is -2.32. The van der Waals surface area contributed by atoms with E-state index in [0.29, 0.717) is 16.9 Å². The number of benzene rings is 1. The molecule has 0 saturated carbocycles. The van der Waals surface area contributed by atoms with Crippen LogP contribution < -0.4 is 5.73 Å². The van der Waals surface area contributed by atoms with E-state index in [-0.39, 0.29) is 23.9 Å². The molecule has 1 aromatic carbocycles. The summed E-state index contributed by atoms with van der Waals surface area (Å²) in [6, 6.07) is 1.86. The summed E-state index contributed by atoms with van der Waals surface area (Å²) in [4.78, 5) is 14.8. The van der Waals surface area contributed by atoms with Crippen molar-refractivity contribution >= 4 is 17.7 Å². The van der Waals surface area contributed by atoms with E-state index in [1.54, 1.807) is 6.07 Å². The Morgan fingerprint density at radius 3 is 2.68 bits per heavy atom. The van der Waals surface area contributed by atoms with Gasteiger partial charge in [-0.15, -0.1) is 11.8 Å². The molecule has 19 heavy (non-hydrogen) atoms. The highest BCUT2D eigenvalue weighted by atomic mass is 32.2. The van der Waals surface area contributed by atoms with Crippen LogP contribution in [0.4, 0.5) is 0 Å². The Kier molecular flexibility index (Phi) is 5.90. The van der Waals surface area contributed by atoms with Gasteiger partial charge in [0.25, 0.3) is 0 Å². The van der Waals surface area contributed by atoms with Gasteiger partial charge in [0, 0.05) is 5.75 Å². The number of carboxylic acid groups (broad SMARTS) is 1. The Morgan fingerprint density at radius 1 is 1.42 bits per heavy atom. The zero-order valence-corrected chi connectivity index (χ0v) is 10.8. The largest absolute Gasteiger partial charge is 0.504 e. The molecule has 0 unspecified atom stereocenters. The molecule has 106 valence electrons. The zero-order valence-electron chi connectivity index (χ0n) is 9.94. The Hall–Kier alpha value is -1.48. The Balaban J connectivity index is 2.80. The van der Waals surface area contributed by atoms with Gasteiger partial charge in [-0.25, -0.2) is 4.89 Å². The predicted molar refractivity (Wildman–Crippen MR) is 68.4 cm³/mol. The number of carbonyl (C=O) groups is 1. The molecule has 0 bridgehead atoms. The number of phenolic OH excluding ortho intramolecular Hbond substituents is 2. The molecule has 1 aromatic rings. The van der Waals surface area contributed by atoms with Crippen LogP contribution in [0.25, 0.3) is 0 Å². The average molecular weight is 289 g/mol. The lowest BCUT2D eigenvalue weighted by molar-refractivity contribution is -0.241. The third-order valence-electron chi connectivity index (χ3n) is 2.33. The number of carboxylic acids is 1. The fourth-order valence-corrected chi connectivity index (χ4v) is 2.29. The smallest absolute Gasteiger partial charge is 0.321 e. The minimum absolute atomic E-state index is 0.0446. The lowest BCUT2D eigenvalue weighted by atomic mass is 10.1. The van der Waals surface area contributed by atoms with E-state index in [0.717, 1.165) is 11.8 Å². The van der Waals surface area contributed by atoms with E-state index in [1.807, 2.05) is 0 Å². The molecule has 7 nitrogen and oxygen atoms in total. The van der Waals surface area contributed by atoms with E-state index in [9.17, 15) is 15.0 Å². The highest BCUT2D eigenvalue weighted by Crippen LogP contribution is 2.37. The van der Waals surface area contributed by atoms with Crippen molar-refractivity contribution in [2.45, 2.75) is 17.4 Å². The summed E-state index contributed by atoms with van der Waals surface area (Å²) in [5.41, 5.74) is 5.99. The number of aromatic hydroxyl groups is 2. The zero-order chi connectivity index (χ0) is 14.4. The molecule has 1 rings (SSSR count). The van der Waals surface area contributed by atoms with Crippen LogP contribution in [0.3, 0.4) is 0 Å². The first kappa shape index (κ1) is 15.6. The van der Waals surface area contributed by atoms with Crippen molar-refractivity contribution in [1.29, 1.82) is 0 Å². The van der Waals surface area contributed by atoms with Crippen LogP contribution in [-0.2, 0) is 16.1 Å². The van der Waals surface area contributed by atoms with Crippen LogP contribution in [0, 0.1) is 0 Å². The quantitative estimate of drug-likeness (QED) is 0.214. The molecule has 0 aliphatic carbocycles. The molecular weight excluding hydrogens is 274 g/mol. The van der Waals surface area contributed by atoms with E-state index in [1.165, 1.54) is 6.07 Å². The summed E-state index contributed by atoms with van der Waals surface area (Å²) in [7, 11) is 0. The van der Waals surface area contributed by atoms with Crippen molar-refractivity contribution in [3.8, 4) is 11.5 Å². The molecule has 0 aliphatic heterocycles. The SMILES string of the molecule is N[C@@H](CSc1cc(CCOO)cc(O)c1O)C(=O)O. The van der Waals surface area contributed by atoms with Gasteiger partial charge in [-0.05, 0) is 24.1 Å². The van der Waals surface area contributed by atoms with E-state index in [2.05, 4.69) is 4.89 Å². The first-order valence-corrected chi connectivity index (χ1v) is 6.36. The normalized spacial score (nSPS) is 12.3. The topological polar surface area (TPSA) is 133 Å². The maximum atomic E-state index is 10.6. The third-order valence-corrected chi connectivity index (χ3v) is 3.48. The summed E-state index contributed by atoms with van der Waals surface area (Å²) >= 11 is 1.03. The van der Waals surface area contributed by atoms with Crippen molar-refractivity contribution in [3.05, 3.63) is 17.7 Å². The second kappa shape index (κ2) is 7.19. The fraction of sp³-hybridized carbons (Fsp3) is 0.364. The Morgan fingerprint density at radius 2 is 2.11 bits per heavy atom. The number of rotatable bonds is 7. The number of hydrogen-bond donors (Lipinski definition) is 5. The first-order valence-electron chi connectivity index (χ1n) is 5.38. The van der Waals surface area contributed by atoms with E-state index >= 15 is 0 Å². The maximum Gasteiger partial charge on any atom is 0.321 e. The van der Waals surface area contributed by atoms with Gasteiger partial charge >= 0.3 is 5.97 Å².